The standard InChI is InChI=1S/C16H25N5O3/c1-12(22)20-8-9-21(11-13(10-20)16(24)17-2)15(23)5-4-14-6-7-18-19(14)3/h6-7,13H,4-5,8-11H2,1-3H3,(H,17,24)/t13-/m0/s1. The monoisotopic (exact) mass is 335 g/mol. The molecule has 0 saturated carbocycles. The van der Waals surface area contributed by atoms with Gasteiger partial charge in [0.2, 0.25) is 17.7 Å². The Hall–Kier alpha value is -2.38. The topological polar surface area (TPSA) is 87.5 Å². The first-order valence-corrected chi connectivity index (χ1v) is 8.14. The van der Waals surface area contributed by atoms with E-state index in [1.165, 1.54) is 6.92 Å². The Morgan fingerprint density at radius 2 is 1.92 bits per heavy atom. The van der Waals surface area contributed by atoms with Crippen molar-refractivity contribution in [1.82, 2.24) is 24.9 Å². The predicted octanol–water partition coefficient (Wildman–Crippen LogP) is -0.594. The van der Waals surface area contributed by atoms with E-state index in [1.54, 1.807) is 27.7 Å². The van der Waals surface area contributed by atoms with Crippen LogP contribution in [-0.2, 0) is 27.9 Å². The molecule has 2 heterocycles. The summed E-state index contributed by atoms with van der Waals surface area (Å²) in [6.07, 6.45) is 2.67. The van der Waals surface area contributed by atoms with Crippen molar-refractivity contribution < 1.29 is 14.4 Å². The zero-order valence-electron chi connectivity index (χ0n) is 14.5. The Balaban J connectivity index is 2.02. The van der Waals surface area contributed by atoms with Crippen molar-refractivity contribution in [2.75, 3.05) is 33.2 Å². The van der Waals surface area contributed by atoms with Crippen LogP contribution in [0.1, 0.15) is 19.0 Å². The second-order valence-electron chi connectivity index (χ2n) is 6.06. The summed E-state index contributed by atoms with van der Waals surface area (Å²) < 4.78 is 1.75. The number of carbonyl (C=O) groups is 3. The maximum atomic E-state index is 12.6. The van der Waals surface area contributed by atoms with Gasteiger partial charge >= 0.3 is 0 Å². The molecule has 132 valence electrons. The van der Waals surface area contributed by atoms with Crippen LogP contribution in [0.3, 0.4) is 0 Å². The van der Waals surface area contributed by atoms with Crippen LogP contribution in [-0.4, -0.2) is 70.5 Å². The minimum absolute atomic E-state index is 0.00416. The van der Waals surface area contributed by atoms with E-state index < -0.39 is 5.92 Å². The van der Waals surface area contributed by atoms with Crippen LogP contribution in [0, 0.1) is 5.92 Å². The van der Waals surface area contributed by atoms with Gasteiger partial charge < -0.3 is 15.1 Å². The minimum Gasteiger partial charge on any atom is -0.359 e. The van der Waals surface area contributed by atoms with Crippen molar-refractivity contribution in [3.63, 3.8) is 0 Å². The highest BCUT2D eigenvalue weighted by Gasteiger charge is 2.30. The second kappa shape index (κ2) is 7.94. The zero-order chi connectivity index (χ0) is 17.7. The average molecular weight is 335 g/mol. The quantitative estimate of drug-likeness (QED) is 0.796. The Labute approximate surface area is 141 Å². The van der Waals surface area contributed by atoms with Crippen LogP contribution in [0.15, 0.2) is 12.3 Å². The molecule has 1 aliphatic rings. The maximum Gasteiger partial charge on any atom is 0.226 e. The second-order valence-corrected chi connectivity index (χ2v) is 6.06. The van der Waals surface area contributed by atoms with Gasteiger partial charge in [0.1, 0.15) is 0 Å². The lowest BCUT2D eigenvalue weighted by molar-refractivity contribution is -0.133. The van der Waals surface area contributed by atoms with Gasteiger partial charge in [0.25, 0.3) is 0 Å². The summed E-state index contributed by atoms with van der Waals surface area (Å²) in [4.78, 5) is 39.6. The van der Waals surface area contributed by atoms with Crippen LogP contribution in [0.2, 0.25) is 0 Å². The Morgan fingerprint density at radius 3 is 2.50 bits per heavy atom. The van der Waals surface area contributed by atoms with Crippen LogP contribution in [0.25, 0.3) is 0 Å². The Kier molecular flexibility index (Phi) is 5.94. The van der Waals surface area contributed by atoms with Crippen LogP contribution in [0.4, 0.5) is 0 Å². The molecule has 8 nitrogen and oxygen atoms in total. The molecule has 1 aromatic heterocycles. The van der Waals surface area contributed by atoms with Crippen molar-refractivity contribution in [2.45, 2.75) is 19.8 Å². The molecule has 1 aromatic rings. The molecule has 0 radical (unpaired) electrons. The van der Waals surface area contributed by atoms with E-state index in [1.807, 2.05) is 13.1 Å². The van der Waals surface area contributed by atoms with E-state index in [0.29, 0.717) is 39.0 Å². The normalized spacial score (nSPS) is 18.2. The summed E-state index contributed by atoms with van der Waals surface area (Å²) >= 11 is 0. The highest BCUT2D eigenvalue weighted by Crippen LogP contribution is 2.13. The first kappa shape index (κ1) is 18.0. The number of rotatable bonds is 4. The summed E-state index contributed by atoms with van der Waals surface area (Å²) in [5.74, 6) is -0.627. The molecule has 1 N–H and O–H groups in total. The number of hydrogen-bond acceptors (Lipinski definition) is 4. The molecule has 1 saturated heterocycles. The summed E-state index contributed by atoms with van der Waals surface area (Å²) in [5.41, 5.74) is 0.992. The number of aryl methyl sites for hydroxylation is 2. The number of nitrogens with one attached hydrogen (secondary N) is 1. The molecule has 1 fully saturated rings. The fourth-order valence-corrected chi connectivity index (χ4v) is 2.94. The molecular formula is C16H25N5O3. The number of aromatic nitrogens is 2. The Bertz CT molecular complexity index is 613. The molecule has 3 amide bonds. The average Bonchev–Trinajstić information content (AvgIpc) is 2.84. The molecule has 0 aromatic carbocycles. The molecule has 1 aliphatic heterocycles. The SMILES string of the molecule is CNC(=O)[C@H]1CN(C(C)=O)CCN(C(=O)CCc2ccnn2C)C1. The van der Waals surface area contributed by atoms with Crippen molar-refractivity contribution in [1.29, 1.82) is 0 Å². The summed E-state index contributed by atoms with van der Waals surface area (Å²) in [5, 5.41) is 6.71. The fraction of sp³-hybridized carbons (Fsp3) is 0.625. The summed E-state index contributed by atoms with van der Waals surface area (Å²) in [7, 11) is 3.41. The third kappa shape index (κ3) is 4.33. The molecular weight excluding hydrogens is 310 g/mol. The van der Waals surface area contributed by atoms with Gasteiger partial charge in [-0.2, -0.15) is 5.10 Å². The number of hydrogen-bond donors (Lipinski definition) is 1. The van der Waals surface area contributed by atoms with Gasteiger partial charge in [-0.1, -0.05) is 0 Å². The molecule has 8 heteroatoms. The zero-order valence-corrected chi connectivity index (χ0v) is 14.5. The highest BCUT2D eigenvalue weighted by molar-refractivity contribution is 5.82. The van der Waals surface area contributed by atoms with Gasteiger partial charge in [-0.05, 0) is 12.5 Å². The summed E-state index contributed by atoms with van der Waals surface area (Å²) in [6, 6.07) is 1.89. The lowest BCUT2D eigenvalue weighted by Gasteiger charge is -2.23. The molecule has 24 heavy (non-hydrogen) atoms. The van der Waals surface area contributed by atoms with Gasteiger partial charge in [0.15, 0.2) is 0 Å². The highest BCUT2D eigenvalue weighted by atomic mass is 16.2. The minimum atomic E-state index is -0.401. The largest absolute Gasteiger partial charge is 0.359 e. The third-order valence-electron chi connectivity index (χ3n) is 4.45. The number of nitrogens with zero attached hydrogens (tertiary/aromatic N) is 4. The Morgan fingerprint density at radius 1 is 1.25 bits per heavy atom. The van der Waals surface area contributed by atoms with Crippen LogP contribution in [0.5, 0.6) is 0 Å². The molecule has 0 unspecified atom stereocenters. The van der Waals surface area contributed by atoms with E-state index in [9.17, 15) is 14.4 Å². The van der Waals surface area contributed by atoms with Crippen molar-refractivity contribution in [3.8, 4) is 0 Å². The van der Waals surface area contributed by atoms with Crippen LogP contribution < -0.4 is 5.32 Å². The van der Waals surface area contributed by atoms with Crippen LogP contribution >= 0.6 is 0 Å². The smallest absolute Gasteiger partial charge is 0.226 e. The van der Waals surface area contributed by atoms with E-state index in [0.717, 1.165) is 5.69 Å². The molecule has 0 aliphatic carbocycles. The molecule has 1 atom stereocenters. The van der Waals surface area contributed by atoms with E-state index in [2.05, 4.69) is 10.4 Å². The van der Waals surface area contributed by atoms with E-state index >= 15 is 0 Å². The van der Waals surface area contributed by atoms with E-state index in [4.69, 9.17) is 0 Å². The molecule has 0 spiro atoms. The van der Waals surface area contributed by atoms with Gasteiger partial charge in [0.05, 0.1) is 5.92 Å². The fourth-order valence-electron chi connectivity index (χ4n) is 2.94. The number of amides is 3. The predicted molar refractivity (Wildman–Crippen MR) is 87.9 cm³/mol. The lowest BCUT2D eigenvalue weighted by atomic mass is 10.1. The maximum absolute atomic E-state index is 12.6. The van der Waals surface area contributed by atoms with Crippen molar-refractivity contribution >= 4 is 17.7 Å². The molecule has 2 rings (SSSR count). The van der Waals surface area contributed by atoms with Crippen molar-refractivity contribution in [2.24, 2.45) is 13.0 Å². The summed E-state index contributed by atoms with van der Waals surface area (Å²) in [6.45, 7) is 3.09. The van der Waals surface area contributed by atoms with E-state index in [-0.39, 0.29) is 17.7 Å². The van der Waals surface area contributed by atoms with Crippen molar-refractivity contribution in [3.05, 3.63) is 18.0 Å². The third-order valence-corrected chi connectivity index (χ3v) is 4.45. The van der Waals surface area contributed by atoms with Gasteiger partial charge in [-0.25, -0.2) is 0 Å². The molecule has 0 bridgehead atoms. The number of carbonyl (C=O) groups excluding carboxylic acids is 3. The first-order chi connectivity index (χ1) is 11.4. The van der Waals surface area contributed by atoms with Gasteiger partial charge in [0, 0.05) is 65.5 Å². The lowest BCUT2D eigenvalue weighted by Crippen LogP contribution is -2.42. The van der Waals surface area contributed by atoms with Gasteiger partial charge in [-0.3, -0.25) is 19.1 Å². The first-order valence-electron chi connectivity index (χ1n) is 8.14. The van der Waals surface area contributed by atoms with Gasteiger partial charge in [-0.15, -0.1) is 0 Å².